The number of alkyl carbamates (subject to hydrolysis) is 1. The van der Waals surface area contributed by atoms with Crippen LogP contribution in [0.5, 0.6) is 11.5 Å². The molecule has 0 spiro atoms. The molecule has 0 saturated heterocycles. The van der Waals surface area contributed by atoms with Crippen LogP contribution in [0.15, 0.2) is 23.5 Å². The maximum atomic E-state index is 13.7. The Hall–Kier alpha value is -4.12. The first-order valence-electron chi connectivity index (χ1n) is 10.8. The normalized spacial score (nSPS) is 23.7. The summed E-state index contributed by atoms with van der Waals surface area (Å²) >= 11 is 0. The number of nitrogens with one attached hydrogen (secondary N) is 1. The number of aliphatic hydroxyl groups excluding tert-OH is 1. The van der Waals surface area contributed by atoms with Crippen molar-refractivity contribution >= 4 is 34.3 Å². The largest absolute Gasteiger partial charge is 0.508 e. The summed E-state index contributed by atoms with van der Waals surface area (Å²) < 4.78 is 4.82. The van der Waals surface area contributed by atoms with Gasteiger partial charge in [0.25, 0.3) is 5.91 Å². The number of hydrogen-bond donors (Lipinski definition) is 6. The van der Waals surface area contributed by atoms with Gasteiger partial charge in [-0.3, -0.25) is 14.4 Å². The third-order valence-corrected chi connectivity index (χ3v) is 6.87. The van der Waals surface area contributed by atoms with Crippen LogP contribution >= 0.6 is 0 Å². The fourth-order valence-corrected chi connectivity index (χ4v) is 5.08. The van der Waals surface area contributed by atoms with E-state index in [2.05, 4.69) is 5.32 Å². The molecule has 0 radical (unpaired) electrons. The maximum absolute atomic E-state index is 13.7. The second kappa shape index (κ2) is 7.98. The van der Waals surface area contributed by atoms with Crippen molar-refractivity contribution in [3.8, 4) is 11.5 Å². The maximum Gasteiger partial charge on any atom is 0.407 e. The molecule has 0 aromatic heterocycles. The van der Waals surface area contributed by atoms with E-state index in [4.69, 9.17) is 10.5 Å². The zero-order chi connectivity index (χ0) is 26.0. The molecule has 0 unspecified atom stereocenters. The van der Waals surface area contributed by atoms with E-state index >= 15 is 0 Å². The fraction of sp³-hybridized carbons (Fsp3) is 0.333. The van der Waals surface area contributed by atoms with Gasteiger partial charge in [0, 0.05) is 5.92 Å². The van der Waals surface area contributed by atoms with Crippen LogP contribution in [0.1, 0.15) is 34.0 Å². The summed E-state index contributed by atoms with van der Waals surface area (Å²) in [6, 6.07) is 1.62. The molecule has 0 aliphatic heterocycles. The minimum absolute atomic E-state index is 0.0247. The average Bonchev–Trinajstić information content (AvgIpc) is 2.78. The molecule has 0 saturated carbocycles. The number of fused-ring (bicyclic) bond motifs is 3. The van der Waals surface area contributed by atoms with Gasteiger partial charge < -0.3 is 36.2 Å². The number of carbonyl (C=O) groups is 4. The second-order valence-electron chi connectivity index (χ2n) is 8.68. The molecule has 3 atom stereocenters. The van der Waals surface area contributed by atoms with E-state index in [1.807, 2.05) is 0 Å². The van der Waals surface area contributed by atoms with Crippen molar-refractivity contribution in [1.82, 2.24) is 5.32 Å². The number of amides is 2. The van der Waals surface area contributed by atoms with Gasteiger partial charge in [0.1, 0.15) is 28.9 Å². The molecule has 7 N–H and O–H groups in total. The molecule has 2 aliphatic rings. The van der Waals surface area contributed by atoms with Crippen LogP contribution in [0.4, 0.5) is 4.79 Å². The van der Waals surface area contributed by atoms with E-state index in [1.54, 1.807) is 26.0 Å². The summed E-state index contributed by atoms with van der Waals surface area (Å²) in [7, 11) is 0. The lowest BCUT2D eigenvalue weighted by Gasteiger charge is -2.45. The Labute approximate surface area is 198 Å². The minimum Gasteiger partial charge on any atom is -0.508 e. The molecule has 2 aromatic rings. The van der Waals surface area contributed by atoms with Crippen LogP contribution in [-0.2, 0) is 20.7 Å². The van der Waals surface area contributed by atoms with Gasteiger partial charge in [-0.05, 0) is 49.3 Å². The number of phenolic OH excluding ortho intramolecular Hbond substituents is 2. The first kappa shape index (κ1) is 24.0. The SMILES string of the molecule is CCOC(=O)N[C@H]1C(=O)C(C(N)=O)=C(O)[C@@]2(O)C(=O)c3c(c(C)c4ccc(C)c(O)c4c3O)C[C@@H]12. The zero-order valence-corrected chi connectivity index (χ0v) is 19.1. The molecule has 2 amide bonds. The monoisotopic (exact) mass is 484 g/mol. The number of Topliss-reactive ketones (excluding diaryl/α,β-unsaturated/α-hetero) is 2. The summed E-state index contributed by atoms with van der Waals surface area (Å²) in [5, 5.41) is 46.7. The Kier molecular flexibility index (Phi) is 5.48. The standard InChI is InChI=1S/C24H24N2O9/c1-4-35-23(33)26-16-12-7-11-9(3)10-6-5-8(2)17(27)13(10)18(28)14(11)20(30)24(12,34)21(31)15(19(16)29)22(25)32/h5-6,12,16,27-28,31,34H,4,7H2,1-3H3,(H2,25,32)(H,26,33)/t12-,16+,24-/m0/s1. The predicted molar refractivity (Wildman–Crippen MR) is 121 cm³/mol. The van der Waals surface area contributed by atoms with E-state index in [0.717, 1.165) is 0 Å². The molecule has 0 bridgehead atoms. The summed E-state index contributed by atoms with van der Waals surface area (Å²) in [5.41, 5.74) is 2.10. The first-order valence-corrected chi connectivity index (χ1v) is 10.8. The van der Waals surface area contributed by atoms with E-state index < -0.39 is 58.2 Å². The second-order valence-corrected chi connectivity index (χ2v) is 8.68. The van der Waals surface area contributed by atoms with E-state index in [-0.39, 0.29) is 35.3 Å². The number of carbonyl (C=O) groups excluding carboxylic acids is 4. The number of rotatable bonds is 3. The van der Waals surface area contributed by atoms with Crippen molar-refractivity contribution in [1.29, 1.82) is 0 Å². The molecule has 4 rings (SSSR count). The van der Waals surface area contributed by atoms with Gasteiger partial charge in [-0.15, -0.1) is 0 Å². The highest BCUT2D eigenvalue weighted by Gasteiger charge is 2.62. The predicted octanol–water partition coefficient (Wildman–Crippen LogP) is 0.949. The number of aryl methyl sites for hydroxylation is 2. The topological polar surface area (TPSA) is 196 Å². The molecular formula is C24H24N2O9. The van der Waals surface area contributed by atoms with Crippen LogP contribution in [0.3, 0.4) is 0 Å². The van der Waals surface area contributed by atoms with Crippen molar-refractivity contribution in [2.24, 2.45) is 11.7 Å². The zero-order valence-electron chi connectivity index (χ0n) is 19.1. The number of nitrogens with two attached hydrogens (primary N) is 1. The van der Waals surface area contributed by atoms with Crippen LogP contribution in [0.2, 0.25) is 0 Å². The summed E-state index contributed by atoms with van der Waals surface area (Å²) in [6.07, 6.45) is -1.31. The first-order chi connectivity index (χ1) is 16.4. The highest BCUT2D eigenvalue weighted by molar-refractivity contribution is 6.25. The molecule has 184 valence electrons. The fourth-order valence-electron chi connectivity index (χ4n) is 5.08. The Morgan fingerprint density at radius 1 is 1.17 bits per heavy atom. The molecule has 2 aromatic carbocycles. The number of hydrogen-bond acceptors (Lipinski definition) is 9. The van der Waals surface area contributed by atoms with Crippen LogP contribution < -0.4 is 11.1 Å². The average molecular weight is 484 g/mol. The number of aromatic hydroxyl groups is 2. The molecule has 0 heterocycles. The number of ketones is 2. The quantitative estimate of drug-likeness (QED) is 0.344. The van der Waals surface area contributed by atoms with E-state index in [9.17, 15) is 39.6 Å². The number of benzene rings is 2. The van der Waals surface area contributed by atoms with Crippen molar-refractivity contribution < 1.29 is 44.3 Å². The molecular weight excluding hydrogens is 460 g/mol. The molecule has 11 heteroatoms. The molecule has 0 fully saturated rings. The summed E-state index contributed by atoms with van der Waals surface area (Å²) in [6.45, 7) is 4.71. The van der Waals surface area contributed by atoms with Crippen molar-refractivity contribution in [2.45, 2.75) is 38.8 Å². The molecule has 35 heavy (non-hydrogen) atoms. The molecule has 2 aliphatic carbocycles. The Morgan fingerprint density at radius 3 is 2.43 bits per heavy atom. The lowest BCUT2D eigenvalue weighted by molar-refractivity contribution is -0.128. The number of phenols is 2. The minimum atomic E-state index is -2.88. The number of ether oxygens (including phenoxy) is 1. The Balaban J connectivity index is 2.04. The summed E-state index contributed by atoms with van der Waals surface area (Å²) in [4.78, 5) is 51.0. The lowest BCUT2D eigenvalue weighted by Crippen LogP contribution is -2.65. The molecule has 11 nitrogen and oxygen atoms in total. The van der Waals surface area contributed by atoms with Crippen LogP contribution in [-0.4, -0.2) is 62.2 Å². The lowest BCUT2D eigenvalue weighted by atomic mass is 9.61. The van der Waals surface area contributed by atoms with Crippen molar-refractivity contribution in [3.05, 3.63) is 45.7 Å². The number of aliphatic hydroxyl groups is 2. The van der Waals surface area contributed by atoms with Crippen molar-refractivity contribution in [2.75, 3.05) is 6.61 Å². The van der Waals surface area contributed by atoms with Gasteiger partial charge in [-0.25, -0.2) is 4.79 Å². The van der Waals surface area contributed by atoms with Gasteiger partial charge >= 0.3 is 6.09 Å². The van der Waals surface area contributed by atoms with Gasteiger partial charge in [0.05, 0.1) is 17.6 Å². The van der Waals surface area contributed by atoms with Gasteiger partial charge in [0.15, 0.2) is 11.4 Å². The van der Waals surface area contributed by atoms with Gasteiger partial charge in [-0.1, -0.05) is 12.1 Å². The Morgan fingerprint density at radius 2 is 1.83 bits per heavy atom. The highest BCUT2D eigenvalue weighted by atomic mass is 16.5. The van der Waals surface area contributed by atoms with Crippen molar-refractivity contribution in [3.63, 3.8) is 0 Å². The van der Waals surface area contributed by atoms with Crippen LogP contribution in [0, 0.1) is 19.8 Å². The summed E-state index contributed by atoms with van der Waals surface area (Å²) in [5.74, 6) is -7.34. The third kappa shape index (κ3) is 3.15. The van der Waals surface area contributed by atoms with E-state index in [1.165, 1.54) is 6.92 Å². The number of primary amides is 1. The highest BCUT2D eigenvalue weighted by Crippen LogP contribution is 2.50. The Bertz CT molecular complexity index is 1380. The van der Waals surface area contributed by atoms with Gasteiger partial charge in [-0.2, -0.15) is 0 Å². The third-order valence-electron chi connectivity index (χ3n) is 6.87. The smallest absolute Gasteiger partial charge is 0.407 e. The van der Waals surface area contributed by atoms with Crippen LogP contribution in [0.25, 0.3) is 10.8 Å². The van der Waals surface area contributed by atoms with E-state index in [0.29, 0.717) is 16.5 Å². The van der Waals surface area contributed by atoms with Gasteiger partial charge in [0.2, 0.25) is 5.78 Å².